The summed E-state index contributed by atoms with van der Waals surface area (Å²) in [4.78, 5) is 11.4. The van der Waals surface area contributed by atoms with Crippen molar-refractivity contribution < 1.29 is 9.21 Å². The quantitative estimate of drug-likeness (QED) is 0.826. The molecular weight excluding hydrogens is 252 g/mol. The Morgan fingerprint density at radius 1 is 1.56 bits per heavy atom. The highest BCUT2D eigenvalue weighted by molar-refractivity contribution is 7.99. The lowest BCUT2D eigenvalue weighted by molar-refractivity contribution is -0.118. The van der Waals surface area contributed by atoms with E-state index in [1.807, 2.05) is 24.6 Å². The zero-order chi connectivity index (χ0) is 13.0. The molecule has 0 saturated carbocycles. The van der Waals surface area contributed by atoms with Crippen LogP contribution in [0.15, 0.2) is 28.0 Å². The predicted octanol–water partition coefficient (Wildman–Crippen LogP) is 1.30. The van der Waals surface area contributed by atoms with Gasteiger partial charge in [-0.05, 0) is 19.1 Å². The molecule has 0 aliphatic heterocycles. The van der Waals surface area contributed by atoms with Crippen molar-refractivity contribution >= 4 is 17.7 Å². The van der Waals surface area contributed by atoms with Gasteiger partial charge in [-0.1, -0.05) is 11.8 Å². The summed E-state index contributed by atoms with van der Waals surface area (Å²) < 4.78 is 7.07. The van der Waals surface area contributed by atoms with E-state index < -0.39 is 0 Å². The van der Waals surface area contributed by atoms with Crippen LogP contribution in [0.25, 0.3) is 11.6 Å². The highest BCUT2D eigenvalue weighted by atomic mass is 32.2. The maximum Gasteiger partial charge on any atom is 0.230 e. The SMILES string of the molecule is CCNC(=O)CSc1nnc(-c2ccco2)n1C. The van der Waals surface area contributed by atoms with Gasteiger partial charge in [0.2, 0.25) is 5.91 Å². The number of carbonyl (C=O) groups is 1. The molecular formula is C11H14N4O2S. The second-order valence-electron chi connectivity index (χ2n) is 3.58. The third-order valence-electron chi connectivity index (χ3n) is 2.28. The van der Waals surface area contributed by atoms with Crippen molar-refractivity contribution in [2.45, 2.75) is 12.1 Å². The van der Waals surface area contributed by atoms with Gasteiger partial charge in [0, 0.05) is 13.6 Å². The van der Waals surface area contributed by atoms with Gasteiger partial charge in [0.1, 0.15) is 0 Å². The molecule has 2 aromatic heterocycles. The van der Waals surface area contributed by atoms with Crippen LogP contribution in [0, 0.1) is 0 Å². The Morgan fingerprint density at radius 2 is 2.39 bits per heavy atom. The molecule has 0 spiro atoms. The fourth-order valence-corrected chi connectivity index (χ4v) is 2.18. The summed E-state index contributed by atoms with van der Waals surface area (Å²) >= 11 is 1.35. The fraction of sp³-hybridized carbons (Fsp3) is 0.364. The van der Waals surface area contributed by atoms with Crippen molar-refractivity contribution in [3.05, 3.63) is 18.4 Å². The Kier molecular flexibility index (Phi) is 4.03. The Balaban J connectivity index is 2.05. The van der Waals surface area contributed by atoms with Gasteiger partial charge in [-0.2, -0.15) is 0 Å². The fourth-order valence-electron chi connectivity index (χ4n) is 1.44. The molecule has 0 bridgehead atoms. The lowest BCUT2D eigenvalue weighted by Crippen LogP contribution is -2.24. The highest BCUT2D eigenvalue weighted by Crippen LogP contribution is 2.22. The van der Waals surface area contributed by atoms with Crippen LogP contribution in [0.3, 0.4) is 0 Å². The van der Waals surface area contributed by atoms with Crippen LogP contribution < -0.4 is 5.32 Å². The smallest absolute Gasteiger partial charge is 0.230 e. The van der Waals surface area contributed by atoms with E-state index in [9.17, 15) is 4.79 Å². The van der Waals surface area contributed by atoms with Crippen LogP contribution in [0.1, 0.15) is 6.92 Å². The molecule has 0 atom stereocenters. The van der Waals surface area contributed by atoms with Crippen LogP contribution in [-0.4, -0.2) is 33.0 Å². The van der Waals surface area contributed by atoms with Crippen LogP contribution in [-0.2, 0) is 11.8 Å². The van der Waals surface area contributed by atoms with Crippen LogP contribution in [0.2, 0.25) is 0 Å². The normalized spacial score (nSPS) is 10.6. The molecule has 0 fully saturated rings. The van der Waals surface area contributed by atoms with Crippen molar-refractivity contribution in [2.24, 2.45) is 7.05 Å². The summed E-state index contributed by atoms with van der Waals surface area (Å²) in [5.41, 5.74) is 0. The molecule has 6 nitrogen and oxygen atoms in total. The monoisotopic (exact) mass is 266 g/mol. The Hall–Kier alpha value is -1.76. The molecule has 0 aliphatic rings. The average Bonchev–Trinajstić information content (AvgIpc) is 2.96. The second-order valence-corrected chi connectivity index (χ2v) is 4.53. The van der Waals surface area contributed by atoms with Crippen molar-refractivity contribution in [3.63, 3.8) is 0 Å². The third kappa shape index (κ3) is 2.73. The number of nitrogens with zero attached hydrogens (tertiary/aromatic N) is 3. The molecule has 18 heavy (non-hydrogen) atoms. The molecule has 0 aliphatic carbocycles. The number of thioether (sulfide) groups is 1. The summed E-state index contributed by atoms with van der Waals surface area (Å²) in [5.74, 6) is 1.64. The largest absolute Gasteiger partial charge is 0.461 e. The van der Waals surface area contributed by atoms with E-state index in [4.69, 9.17) is 4.42 Å². The highest BCUT2D eigenvalue weighted by Gasteiger charge is 2.14. The first-order chi connectivity index (χ1) is 8.72. The molecule has 0 aromatic carbocycles. The van der Waals surface area contributed by atoms with E-state index in [0.717, 1.165) is 0 Å². The first-order valence-electron chi connectivity index (χ1n) is 5.55. The van der Waals surface area contributed by atoms with Crippen molar-refractivity contribution in [2.75, 3.05) is 12.3 Å². The van der Waals surface area contributed by atoms with Gasteiger partial charge >= 0.3 is 0 Å². The van der Waals surface area contributed by atoms with E-state index in [1.165, 1.54) is 11.8 Å². The number of nitrogens with one attached hydrogen (secondary N) is 1. The van der Waals surface area contributed by atoms with Crippen LogP contribution >= 0.6 is 11.8 Å². The number of amides is 1. The van der Waals surface area contributed by atoms with Crippen LogP contribution in [0.5, 0.6) is 0 Å². The second kappa shape index (κ2) is 5.72. The molecule has 0 radical (unpaired) electrons. The van der Waals surface area contributed by atoms with Crippen molar-refractivity contribution in [3.8, 4) is 11.6 Å². The van der Waals surface area contributed by atoms with Crippen LogP contribution in [0.4, 0.5) is 0 Å². The molecule has 1 N–H and O–H groups in total. The van der Waals surface area contributed by atoms with Gasteiger partial charge < -0.3 is 14.3 Å². The first kappa shape index (κ1) is 12.7. The van der Waals surface area contributed by atoms with Gasteiger partial charge in [0.15, 0.2) is 16.7 Å². The van der Waals surface area contributed by atoms with E-state index in [0.29, 0.717) is 29.0 Å². The van der Waals surface area contributed by atoms with Crippen molar-refractivity contribution in [1.29, 1.82) is 0 Å². The van der Waals surface area contributed by atoms with Gasteiger partial charge in [0.25, 0.3) is 0 Å². The number of furan rings is 1. The van der Waals surface area contributed by atoms with Gasteiger partial charge in [-0.25, -0.2) is 0 Å². The summed E-state index contributed by atoms with van der Waals surface area (Å²) in [6.07, 6.45) is 1.59. The Bertz CT molecular complexity index is 521. The lowest BCUT2D eigenvalue weighted by atomic mass is 10.4. The van der Waals surface area contributed by atoms with E-state index in [1.54, 1.807) is 12.3 Å². The molecule has 7 heteroatoms. The predicted molar refractivity (Wildman–Crippen MR) is 68.1 cm³/mol. The van der Waals surface area contributed by atoms with Crippen molar-refractivity contribution in [1.82, 2.24) is 20.1 Å². The zero-order valence-electron chi connectivity index (χ0n) is 10.2. The number of hydrogen-bond acceptors (Lipinski definition) is 5. The number of aromatic nitrogens is 3. The minimum absolute atomic E-state index is 0.00921. The van der Waals surface area contributed by atoms with Gasteiger partial charge in [-0.3, -0.25) is 4.79 Å². The molecule has 0 saturated heterocycles. The Labute approximate surface area is 109 Å². The van der Waals surface area contributed by atoms with Gasteiger partial charge in [-0.15, -0.1) is 10.2 Å². The standard InChI is InChI=1S/C11H14N4O2S/c1-3-12-9(16)7-18-11-14-13-10(15(11)2)8-5-4-6-17-8/h4-6H,3,7H2,1-2H3,(H,12,16). The van der Waals surface area contributed by atoms with E-state index in [-0.39, 0.29) is 5.91 Å². The summed E-state index contributed by atoms with van der Waals surface area (Å²) in [5, 5.41) is 11.5. The number of rotatable bonds is 5. The molecule has 2 heterocycles. The first-order valence-corrected chi connectivity index (χ1v) is 6.53. The van der Waals surface area contributed by atoms with E-state index in [2.05, 4.69) is 15.5 Å². The topological polar surface area (TPSA) is 73.0 Å². The number of carbonyl (C=O) groups excluding carboxylic acids is 1. The summed E-state index contributed by atoms with van der Waals surface area (Å²) in [7, 11) is 1.85. The minimum atomic E-state index is -0.00921. The maximum atomic E-state index is 11.4. The average molecular weight is 266 g/mol. The summed E-state index contributed by atoms with van der Waals surface area (Å²) in [6.45, 7) is 2.52. The molecule has 2 rings (SSSR count). The van der Waals surface area contributed by atoms with Gasteiger partial charge in [0.05, 0.1) is 12.0 Å². The maximum absolute atomic E-state index is 11.4. The molecule has 0 unspecified atom stereocenters. The number of hydrogen-bond donors (Lipinski definition) is 1. The lowest BCUT2D eigenvalue weighted by Gasteiger charge is -2.02. The third-order valence-corrected chi connectivity index (χ3v) is 3.30. The molecule has 1 amide bonds. The zero-order valence-corrected chi connectivity index (χ0v) is 11.0. The molecule has 96 valence electrons. The van der Waals surface area contributed by atoms with E-state index >= 15 is 0 Å². The molecule has 2 aromatic rings. The summed E-state index contributed by atoms with van der Waals surface area (Å²) in [6, 6.07) is 3.62. The minimum Gasteiger partial charge on any atom is -0.461 e. The Morgan fingerprint density at radius 3 is 3.06 bits per heavy atom.